The number of hydrogen-bond donors (Lipinski definition) is 3. The van der Waals surface area contributed by atoms with Crippen molar-refractivity contribution in [2.75, 3.05) is 72.6 Å². The van der Waals surface area contributed by atoms with Gasteiger partial charge in [-0.2, -0.15) is 13.2 Å². The summed E-state index contributed by atoms with van der Waals surface area (Å²) >= 11 is 0. The number of halogens is 3. The van der Waals surface area contributed by atoms with Gasteiger partial charge in [0.15, 0.2) is 15.5 Å². The molecule has 0 atom stereocenters. The first-order valence-corrected chi connectivity index (χ1v) is 18.2. The lowest BCUT2D eigenvalue weighted by molar-refractivity contribution is -0.155. The Hall–Kier alpha value is -4.44. The number of nitrogens with zero attached hydrogens (tertiary/aromatic N) is 2. The number of carboxylic acid groups (broad SMARTS) is 1. The molecule has 302 valence electrons. The SMILES string of the molecule is CC(C)(C)OC(=O)CCCOc1ccc(S(=O)(=O)Cc2ncc(C(=O)NCCOCCOCC(=O)NCCOCCOCC(=O)O)c(C(F)(F)F)n2)cc1. The zero-order valence-corrected chi connectivity index (χ0v) is 30.9. The third-order valence-corrected chi connectivity index (χ3v) is 8.00. The van der Waals surface area contributed by atoms with Gasteiger partial charge in [-0.15, -0.1) is 0 Å². The third kappa shape index (κ3) is 19.1. The molecule has 21 heteroatoms. The van der Waals surface area contributed by atoms with Gasteiger partial charge < -0.3 is 44.2 Å². The smallest absolute Gasteiger partial charge is 0.434 e. The van der Waals surface area contributed by atoms with E-state index in [4.69, 9.17) is 33.5 Å². The Kier molecular flexibility index (Phi) is 19.2. The highest BCUT2D eigenvalue weighted by atomic mass is 32.2. The van der Waals surface area contributed by atoms with E-state index >= 15 is 0 Å². The number of nitrogens with one attached hydrogen (secondary N) is 2. The number of carbonyl (C=O) groups excluding carboxylic acids is 3. The summed E-state index contributed by atoms with van der Waals surface area (Å²) in [7, 11) is -4.20. The Balaban J connectivity index is 1.75. The highest BCUT2D eigenvalue weighted by Gasteiger charge is 2.38. The molecule has 0 saturated heterocycles. The normalized spacial score (nSPS) is 11.9. The van der Waals surface area contributed by atoms with Gasteiger partial charge in [-0.1, -0.05) is 0 Å². The van der Waals surface area contributed by atoms with Gasteiger partial charge >= 0.3 is 18.1 Å². The van der Waals surface area contributed by atoms with E-state index in [1.165, 1.54) is 24.3 Å². The topological polar surface area (TPSA) is 228 Å². The van der Waals surface area contributed by atoms with Crippen molar-refractivity contribution in [1.82, 2.24) is 20.6 Å². The molecule has 1 aromatic carbocycles. The van der Waals surface area contributed by atoms with Gasteiger partial charge in [0.25, 0.3) is 5.91 Å². The number of benzene rings is 1. The van der Waals surface area contributed by atoms with Crippen LogP contribution in [0.25, 0.3) is 0 Å². The second-order valence-electron chi connectivity index (χ2n) is 12.1. The Morgan fingerprint density at radius 3 is 2.00 bits per heavy atom. The number of amides is 2. The average Bonchev–Trinajstić information content (AvgIpc) is 3.07. The lowest BCUT2D eigenvalue weighted by Gasteiger charge is -2.19. The number of carboxylic acids is 1. The minimum Gasteiger partial charge on any atom is -0.494 e. The summed E-state index contributed by atoms with van der Waals surface area (Å²) in [4.78, 5) is 53.2. The fraction of sp³-hybridized carbons (Fsp3) is 0.576. The molecule has 2 aromatic rings. The molecule has 0 radical (unpaired) electrons. The minimum atomic E-state index is -5.11. The van der Waals surface area contributed by atoms with Crippen molar-refractivity contribution < 1.29 is 74.3 Å². The van der Waals surface area contributed by atoms with E-state index < -0.39 is 68.8 Å². The van der Waals surface area contributed by atoms with Crippen molar-refractivity contribution >= 4 is 33.6 Å². The highest BCUT2D eigenvalue weighted by molar-refractivity contribution is 7.90. The van der Waals surface area contributed by atoms with Crippen molar-refractivity contribution in [3.05, 3.63) is 47.5 Å². The molecular weight excluding hydrogens is 749 g/mol. The van der Waals surface area contributed by atoms with Gasteiger partial charge in [-0.3, -0.25) is 14.4 Å². The molecule has 0 fully saturated rings. The van der Waals surface area contributed by atoms with Crippen LogP contribution in [0.1, 0.15) is 55.5 Å². The highest BCUT2D eigenvalue weighted by Crippen LogP contribution is 2.31. The predicted octanol–water partition coefficient (Wildman–Crippen LogP) is 1.97. The monoisotopic (exact) mass is 794 g/mol. The number of hydrogen-bond acceptors (Lipinski definition) is 14. The van der Waals surface area contributed by atoms with Crippen molar-refractivity contribution in [2.45, 2.75) is 56.0 Å². The molecule has 2 amide bonds. The molecule has 3 N–H and O–H groups in total. The summed E-state index contributed by atoms with van der Waals surface area (Å²) in [5.74, 6) is -4.41. The van der Waals surface area contributed by atoms with Crippen LogP contribution in [0.15, 0.2) is 35.4 Å². The molecule has 54 heavy (non-hydrogen) atoms. The maximum absolute atomic E-state index is 13.9. The molecule has 0 saturated carbocycles. The number of aliphatic carboxylic acids is 1. The number of aromatic nitrogens is 2. The molecular formula is C33H45F3N4O13S. The van der Waals surface area contributed by atoms with E-state index in [0.29, 0.717) is 18.4 Å². The lowest BCUT2D eigenvalue weighted by Crippen LogP contribution is -2.32. The molecule has 0 aliphatic heterocycles. The maximum Gasteiger partial charge on any atom is 0.434 e. The van der Waals surface area contributed by atoms with Crippen LogP contribution in [0, 0.1) is 0 Å². The van der Waals surface area contributed by atoms with Crippen molar-refractivity contribution in [1.29, 1.82) is 0 Å². The number of esters is 1. The second kappa shape index (κ2) is 22.7. The van der Waals surface area contributed by atoms with Crippen LogP contribution in [-0.4, -0.2) is 125 Å². The molecule has 2 rings (SSSR count). The Labute approximate surface area is 310 Å². The largest absolute Gasteiger partial charge is 0.494 e. The summed E-state index contributed by atoms with van der Waals surface area (Å²) < 4.78 is 98.6. The number of alkyl halides is 3. The first-order valence-electron chi connectivity index (χ1n) is 16.6. The molecule has 0 bridgehead atoms. The summed E-state index contributed by atoms with van der Waals surface area (Å²) in [5, 5.41) is 13.2. The van der Waals surface area contributed by atoms with Crippen LogP contribution in [0.4, 0.5) is 13.2 Å². The zero-order chi connectivity index (χ0) is 40.2. The number of carbonyl (C=O) groups is 4. The number of sulfone groups is 1. The summed E-state index contributed by atoms with van der Waals surface area (Å²) in [5.41, 5.74) is -3.14. The van der Waals surface area contributed by atoms with Crippen LogP contribution in [0.2, 0.25) is 0 Å². The zero-order valence-electron chi connectivity index (χ0n) is 30.1. The van der Waals surface area contributed by atoms with Crippen molar-refractivity contribution in [3.8, 4) is 5.75 Å². The van der Waals surface area contributed by atoms with Crippen LogP contribution >= 0.6 is 0 Å². The standard InChI is InChI=1S/C33H45F3N4O13S/c1-32(2,3)53-29(44)5-4-12-52-23-6-8-24(9-7-23)54(46,47)22-26-39-19-25(30(40-26)33(34,35)36)31(45)38-11-14-49-15-17-50-20-27(41)37-10-13-48-16-18-51-21-28(42)43/h6-9,19H,4-5,10-18,20-22H2,1-3H3,(H,37,41)(H,38,45)(H,42,43). The molecule has 1 aromatic heterocycles. The van der Waals surface area contributed by atoms with Gasteiger partial charge in [0, 0.05) is 25.7 Å². The predicted molar refractivity (Wildman–Crippen MR) is 181 cm³/mol. The maximum atomic E-state index is 13.9. The molecule has 17 nitrogen and oxygen atoms in total. The lowest BCUT2D eigenvalue weighted by atomic mass is 10.2. The molecule has 0 aliphatic carbocycles. The van der Waals surface area contributed by atoms with Crippen LogP contribution in [-0.2, 0) is 59.8 Å². The van der Waals surface area contributed by atoms with E-state index in [1.54, 1.807) is 20.8 Å². The van der Waals surface area contributed by atoms with E-state index in [2.05, 4.69) is 20.6 Å². The van der Waals surface area contributed by atoms with E-state index in [1.807, 2.05) is 0 Å². The fourth-order valence-corrected chi connectivity index (χ4v) is 5.27. The van der Waals surface area contributed by atoms with Crippen molar-refractivity contribution in [2.24, 2.45) is 0 Å². The summed E-state index contributed by atoms with van der Waals surface area (Å²) in [6, 6.07) is 5.15. The van der Waals surface area contributed by atoms with Gasteiger partial charge in [-0.05, 0) is 51.5 Å². The van der Waals surface area contributed by atoms with E-state index in [9.17, 15) is 40.8 Å². The first-order chi connectivity index (χ1) is 25.4. The van der Waals surface area contributed by atoms with Gasteiger partial charge in [0.1, 0.15) is 36.1 Å². The summed E-state index contributed by atoms with van der Waals surface area (Å²) in [6.45, 7) is 5.02. The van der Waals surface area contributed by atoms with Gasteiger partial charge in [-0.25, -0.2) is 23.2 Å². The minimum absolute atomic E-state index is 0.00448. The molecule has 1 heterocycles. The Bertz CT molecular complexity index is 1620. The van der Waals surface area contributed by atoms with Gasteiger partial charge in [0.2, 0.25) is 5.91 Å². The number of ether oxygens (including phenoxy) is 6. The van der Waals surface area contributed by atoms with Gasteiger partial charge in [0.05, 0.1) is 56.7 Å². The van der Waals surface area contributed by atoms with Crippen molar-refractivity contribution in [3.63, 3.8) is 0 Å². The molecule has 0 spiro atoms. The third-order valence-electron chi connectivity index (χ3n) is 6.37. The van der Waals surface area contributed by atoms with Crippen LogP contribution in [0.3, 0.4) is 0 Å². The second-order valence-corrected chi connectivity index (χ2v) is 14.1. The van der Waals surface area contributed by atoms with Crippen LogP contribution in [0.5, 0.6) is 5.75 Å². The quantitative estimate of drug-likeness (QED) is 0.0965. The Morgan fingerprint density at radius 1 is 0.815 bits per heavy atom. The van der Waals surface area contributed by atoms with E-state index in [0.717, 1.165) is 0 Å². The number of rotatable bonds is 25. The molecule has 0 aliphatic rings. The first kappa shape index (κ1) is 45.7. The van der Waals surface area contributed by atoms with E-state index in [-0.39, 0.29) is 83.2 Å². The Morgan fingerprint density at radius 2 is 1.41 bits per heavy atom. The van der Waals surface area contributed by atoms with Crippen LogP contribution < -0.4 is 15.4 Å². The summed E-state index contributed by atoms with van der Waals surface area (Å²) in [6.07, 6.45) is -4.03. The molecule has 0 unspecified atom stereocenters. The fourth-order valence-electron chi connectivity index (χ4n) is 4.08. The average molecular weight is 795 g/mol.